The number of nitrogens with one attached hydrogen (secondary N) is 1. The van der Waals surface area contributed by atoms with Crippen LogP contribution in [0.15, 0.2) is 60.5 Å². The van der Waals surface area contributed by atoms with Crippen LogP contribution in [0.3, 0.4) is 0 Å². The fraction of sp³-hybridized carbons (Fsp3) is 0.235. The molecule has 2 amide bonds. The smallest absolute Gasteiger partial charge is 0.246 e. The van der Waals surface area contributed by atoms with E-state index in [1.54, 1.807) is 4.90 Å². The number of fused-ring (bicyclic) bond motifs is 3. The van der Waals surface area contributed by atoms with Gasteiger partial charge in [-0.2, -0.15) is 5.10 Å². The molecule has 0 unspecified atom stereocenters. The molecule has 2 N–H and O–H groups in total. The third-order valence-electron chi connectivity index (χ3n) is 8.40. The molecule has 2 aromatic carbocycles. The molecule has 5 aromatic rings. The van der Waals surface area contributed by atoms with Gasteiger partial charge in [-0.15, -0.1) is 11.3 Å². The van der Waals surface area contributed by atoms with Gasteiger partial charge in [-0.05, 0) is 47.7 Å². The van der Waals surface area contributed by atoms with Crippen LogP contribution in [0.25, 0.3) is 43.9 Å². The lowest BCUT2D eigenvalue weighted by molar-refractivity contribution is -0.129. The molecule has 9 nitrogen and oxygen atoms in total. The summed E-state index contributed by atoms with van der Waals surface area (Å²) in [5, 5.41) is 19.9. The Balaban J connectivity index is 1.48. The van der Waals surface area contributed by atoms with E-state index in [0.29, 0.717) is 53.4 Å². The first-order valence-corrected chi connectivity index (χ1v) is 15.7. The first-order valence-electron chi connectivity index (χ1n) is 14.8. The van der Waals surface area contributed by atoms with Gasteiger partial charge in [0, 0.05) is 45.9 Å². The number of benzene rings is 2. The number of aromatic nitrogens is 3. The molecule has 12 heteroatoms. The van der Waals surface area contributed by atoms with Crippen molar-refractivity contribution in [3.8, 4) is 39.5 Å². The van der Waals surface area contributed by atoms with Crippen molar-refractivity contribution in [1.82, 2.24) is 25.0 Å². The predicted octanol–water partition coefficient (Wildman–Crippen LogP) is 5.23. The number of halogens is 2. The second-order valence-corrected chi connectivity index (χ2v) is 12.3. The van der Waals surface area contributed by atoms with Crippen LogP contribution < -0.4 is 10.1 Å². The summed E-state index contributed by atoms with van der Waals surface area (Å²) in [5.74, 6) is -1.95. The Bertz CT molecular complexity index is 2060. The number of hydrogen-bond donors (Lipinski definition) is 2. The van der Waals surface area contributed by atoms with Crippen LogP contribution in [-0.4, -0.2) is 55.8 Å². The fourth-order valence-electron chi connectivity index (χ4n) is 6.21. The summed E-state index contributed by atoms with van der Waals surface area (Å²) < 4.78 is 38.7. The van der Waals surface area contributed by atoms with Crippen molar-refractivity contribution in [2.75, 3.05) is 13.2 Å². The summed E-state index contributed by atoms with van der Waals surface area (Å²) in [6.07, 6.45) is 1.58. The Morgan fingerprint density at radius 1 is 1.17 bits per heavy atom. The van der Waals surface area contributed by atoms with Crippen LogP contribution in [0.2, 0.25) is 0 Å². The minimum absolute atomic E-state index is 0.00676. The number of rotatable bonds is 7. The Morgan fingerprint density at radius 2 is 2.02 bits per heavy atom. The van der Waals surface area contributed by atoms with Gasteiger partial charge in [-0.3, -0.25) is 14.3 Å². The van der Waals surface area contributed by atoms with Gasteiger partial charge in [0.15, 0.2) is 0 Å². The van der Waals surface area contributed by atoms with Crippen molar-refractivity contribution in [1.29, 1.82) is 0 Å². The Morgan fingerprint density at radius 3 is 2.83 bits per heavy atom. The zero-order chi connectivity index (χ0) is 32.1. The molecule has 5 heterocycles. The first kappa shape index (κ1) is 29.8. The zero-order valence-corrected chi connectivity index (χ0v) is 25.7. The van der Waals surface area contributed by atoms with E-state index in [9.17, 15) is 19.1 Å². The van der Waals surface area contributed by atoms with Crippen molar-refractivity contribution >= 4 is 33.2 Å². The molecule has 7 rings (SSSR count). The number of aliphatic hydroxyl groups is 1. The number of amides is 2. The van der Waals surface area contributed by atoms with E-state index in [1.807, 2.05) is 47.3 Å². The molecular formula is C34H29F2N5O4S. The van der Waals surface area contributed by atoms with Crippen molar-refractivity contribution in [2.24, 2.45) is 0 Å². The van der Waals surface area contributed by atoms with Crippen molar-refractivity contribution in [3.05, 3.63) is 89.0 Å². The summed E-state index contributed by atoms with van der Waals surface area (Å²) in [5.41, 5.74) is 5.33. The van der Waals surface area contributed by atoms with Gasteiger partial charge in [0.2, 0.25) is 11.8 Å². The van der Waals surface area contributed by atoms with Crippen molar-refractivity contribution in [2.45, 2.75) is 39.0 Å². The molecule has 234 valence electrons. The Labute approximate surface area is 266 Å². The van der Waals surface area contributed by atoms with Crippen LogP contribution in [0.5, 0.6) is 5.75 Å². The number of carbonyl (C=O) groups is 2. The highest BCUT2D eigenvalue weighted by atomic mass is 32.1. The quantitative estimate of drug-likeness (QED) is 0.236. The molecule has 0 spiro atoms. The second kappa shape index (κ2) is 11.8. The van der Waals surface area contributed by atoms with E-state index in [0.717, 1.165) is 39.9 Å². The highest BCUT2D eigenvalue weighted by Crippen LogP contribution is 2.47. The third kappa shape index (κ3) is 5.13. The van der Waals surface area contributed by atoms with Crippen molar-refractivity contribution in [3.63, 3.8) is 0 Å². The molecule has 2 aliphatic rings. The van der Waals surface area contributed by atoms with Gasteiger partial charge < -0.3 is 20.1 Å². The molecule has 1 atom stereocenters. The maximum absolute atomic E-state index is 15.9. The topological polar surface area (TPSA) is 110 Å². The highest BCUT2D eigenvalue weighted by Gasteiger charge is 2.31. The summed E-state index contributed by atoms with van der Waals surface area (Å²) in [6, 6.07) is 11.4. The molecule has 0 saturated heterocycles. The van der Waals surface area contributed by atoms with Crippen LogP contribution in [-0.2, 0) is 35.6 Å². The van der Waals surface area contributed by atoms with E-state index in [1.165, 1.54) is 17.4 Å². The number of aliphatic hydroxyl groups excluding tert-OH is 1. The van der Waals surface area contributed by atoms with E-state index in [-0.39, 0.29) is 42.4 Å². The molecule has 0 fully saturated rings. The maximum atomic E-state index is 15.9. The van der Waals surface area contributed by atoms with E-state index in [4.69, 9.17) is 14.8 Å². The molecule has 46 heavy (non-hydrogen) atoms. The Hall–Kier alpha value is -4.94. The zero-order valence-electron chi connectivity index (χ0n) is 24.8. The molecule has 0 radical (unpaired) electrons. The van der Waals surface area contributed by atoms with Gasteiger partial charge in [0.05, 0.1) is 43.1 Å². The maximum Gasteiger partial charge on any atom is 0.246 e. The number of nitrogens with zero attached hydrogens (tertiary/aromatic N) is 4. The monoisotopic (exact) mass is 641 g/mol. The fourth-order valence-corrected chi connectivity index (χ4v) is 7.16. The van der Waals surface area contributed by atoms with Gasteiger partial charge in [0.1, 0.15) is 35.4 Å². The lowest BCUT2D eigenvalue weighted by Gasteiger charge is -2.33. The molecule has 2 aliphatic heterocycles. The molecular weight excluding hydrogens is 612 g/mol. The van der Waals surface area contributed by atoms with Gasteiger partial charge >= 0.3 is 0 Å². The Kier molecular flexibility index (Phi) is 7.61. The van der Waals surface area contributed by atoms with E-state index < -0.39 is 11.6 Å². The SMILES string of the molecule is C=CC(=O)N1Cc2cc(-c3nc(-c4ccc5c(c4)CNC(=O)C5)c4ccsc4c3-c3c(F)cc(F)cc3OCCO)nn2C[C@H]1C. The van der Waals surface area contributed by atoms with Gasteiger partial charge in [-0.1, -0.05) is 18.7 Å². The summed E-state index contributed by atoms with van der Waals surface area (Å²) in [6.45, 7) is 6.18. The van der Waals surface area contributed by atoms with Gasteiger partial charge in [-0.25, -0.2) is 13.8 Å². The predicted molar refractivity (Wildman–Crippen MR) is 170 cm³/mol. The van der Waals surface area contributed by atoms with Crippen LogP contribution in [0, 0.1) is 11.6 Å². The van der Waals surface area contributed by atoms with Crippen LogP contribution in [0.4, 0.5) is 8.78 Å². The molecule has 0 bridgehead atoms. The van der Waals surface area contributed by atoms with E-state index in [2.05, 4.69) is 11.9 Å². The average molecular weight is 642 g/mol. The van der Waals surface area contributed by atoms with Crippen LogP contribution >= 0.6 is 11.3 Å². The standard InChI is InChI=1S/C34H29F2N5O4S/c1-3-29(44)40-17-23-14-26(39-41(23)16-18(40)2)33-31(30-25(36)12-22(35)13-27(30)45-8-7-42)34-24(6-9-46-34)32(38-33)20-5-4-19-11-28(43)37-15-21(19)10-20/h3-6,9-10,12-14,18,42H,1,7-8,11,15-17H2,2H3,(H,37,43)/t18-/m1/s1. The summed E-state index contributed by atoms with van der Waals surface area (Å²) in [7, 11) is 0. The minimum atomic E-state index is -0.844. The summed E-state index contributed by atoms with van der Waals surface area (Å²) >= 11 is 1.38. The normalized spacial score (nSPS) is 15.8. The van der Waals surface area contributed by atoms with Crippen molar-refractivity contribution < 1.29 is 28.2 Å². The lowest BCUT2D eigenvalue weighted by Crippen LogP contribution is -2.44. The number of pyridine rings is 1. The highest BCUT2D eigenvalue weighted by molar-refractivity contribution is 7.18. The first-order chi connectivity index (χ1) is 22.2. The number of ether oxygens (including phenoxy) is 1. The largest absolute Gasteiger partial charge is 0.490 e. The number of carbonyl (C=O) groups excluding carboxylic acids is 2. The average Bonchev–Trinajstić information content (AvgIpc) is 3.69. The van der Waals surface area contributed by atoms with Crippen LogP contribution in [0.1, 0.15) is 23.7 Å². The number of hydrogen-bond acceptors (Lipinski definition) is 7. The second-order valence-electron chi connectivity index (χ2n) is 11.3. The third-order valence-corrected chi connectivity index (χ3v) is 9.33. The van der Waals surface area contributed by atoms with Gasteiger partial charge in [0.25, 0.3) is 0 Å². The molecule has 3 aromatic heterocycles. The lowest BCUT2D eigenvalue weighted by atomic mass is 9.94. The molecule has 0 saturated carbocycles. The molecule has 0 aliphatic carbocycles. The number of thiophene rings is 1. The summed E-state index contributed by atoms with van der Waals surface area (Å²) in [4.78, 5) is 31.4. The van der Waals surface area contributed by atoms with E-state index >= 15 is 4.39 Å². The minimum Gasteiger partial charge on any atom is -0.490 e.